The van der Waals surface area contributed by atoms with Gasteiger partial charge in [0.1, 0.15) is 18.5 Å². The maximum Gasteiger partial charge on any atom is 0.338 e. The van der Waals surface area contributed by atoms with Crippen LogP contribution in [0, 0.1) is 5.82 Å². The Morgan fingerprint density at radius 3 is 2.74 bits per heavy atom. The minimum absolute atomic E-state index is 0.0783. The lowest BCUT2D eigenvalue weighted by molar-refractivity contribution is -0.143. The predicted octanol–water partition coefficient (Wildman–Crippen LogP) is 6.79. The molecule has 1 aliphatic rings. The first-order chi connectivity index (χ1) is 18.7. The average molecular weight is 575 g/mol. The Balaban J connectivity index is 1.71. The van der Waals surface area contributed by atoms with Crippen LogP contribution in [0.25, 0.3) is 0 Å². The molecule has 1 aliphatic heterocycles. The highest BCUT2D eigenvalue weighted by Crippen LogP contribution is 2.40. The molecule has 4 rings (SSSR count). The molecule has 1 N–H and O–H groups in total. The SMILES string of the molecule is CCCCSc1nc2n(n1)C(c1ccc(OCc3c(F)cccc3Cl)c(OC)c1)C(C(=O)OC(C)C)=C(C)N2. The lowest BCUT2D eigenvalue weighted by Gasteiger charge is -2.29. The quantitative estimate of drug-likeness (QED) is 0.152. The van der Waals surface area contributed by atoms with E-state index < -0.39 is 17.8 Å². The number of carbonyl (C=O) groups is 1. The summed E-state index contributed by atoms with van der Waals surface area (Å²) < 4.78 is 33.1. The molecule has 208 valence electrons. The van der Waals surface area contributed by atoms with Crippen LogP contribution >= 0.6 is 23.4 Å². The number of hydrogen-bond donors (Lipinski definition) is 1. The normalized spacial score (nSPS) is 14.7. The number of halogens is 2. The van der Waals surface area contributed by atoms with Gasteiger partial charge in [-0.05, 0) is 57.0 Å². The molecule has 1 unspecified atom stereocenters. The van der Waals surface area contributed by atoms with E-state index in [0.717, 1.165) is 24.2 Å². The molecule has 0 saturated heterocycles. The van der Waals surface area contributed by atoms with Crippen LogP contribution in [0.3, 0.4) is 0 Å². The molecule has 1 atom stereocenters. The highest BCUT2D eigenvalue weighted by molar-refractivity contribution is 7.99. The maximum absolute atomic E-state index is 14.3. The van der Waals surface area contributed by atoms with E-state index in [-0.39, 0.29) is 23.3 Å². The van der Waals surface area contributed by atoms with Gasteiger partial charge in [0.05, 0.1) is 23.8 Å². The van der Waals surface area contributed by atoms with Crippen LogP contribution in [0.5, 0.6) is 11.5 Å². The highest BCUT2D eigenvalue weighted by Gasteiger charge is 2.36. The summed E-state index contributed by atoms with van der Waals surface area (Å²) in [5.41, 5.74) is 2.02. The van der Waals surface area contributed by atoms with Crippen molar-refractivity contribution in [3.05, 3.63) is 69.6 Å². The second-order valence-electron chi connectivity index (χ2n) is 9.28. The molecule has 3 aromatic rings. The lowest BCUT2D eigenvalue weighted by atomic mass is 9.95. The predicted molar refractivity (Wildman–Crippen MR) is 150 cm³/mol. The minimum atomic E-state index is -0.621. The summed E-state index contributed by atoms with van der Waals surface area (Å²) in [6.45, 7) is 7.48. The monoisotopic (exact) mass is 574 g/mol. The van der Waals surface area contributed by atoms with Crippen molar-refractivity contribution in [2.45, 2.75) is 64.4 Å². The van der Waals surface area contributed by atoms with Gasteiger partial charge >= 0.3 is 5.97 Å². The van der Waals surface area contributed by atoms with Crippen molar-refractivity contribution < 1.29 is 23.4 Å². The summed E-state index contributed by atoms with van der Waals surface area (Å²) in [6.07, 6.45) is 1.82. The summed E-state index contributed by atoms with van der Waals surface area (Å²) in [7, 11) is 1.52. The summed E-state index contributed by atoms with van der Waals surface area (Å²) in [5, 5.41) is 8.85. The van der Waals surface area contributed by atoms with E-state index in [1.54, 1.807) is 54.6 Å². The third-order valence-electron chi connectivity index (χ3n) is 6.06. The number of hydrogen-bond acceptors (Lipinski definition) is 8. The summed E-state index contributed by atoms with van der Waals surface area (Å²) >= 11 is 7.73. The van der Waals surface area contributed by atoms with Crippen LogP contribution in [0.4, 0.5) is 10.3 Å². The Morgan fingerprint density at radius 1 is 1.26 bits per heavy atom. The van der Waals surface area contributed by atoms with E-state index in [1.807, 2.05) is 13.0 Å². The third-order valence-corrected chi connectivity index (χ3v) is 7.34. The van der Waals surface area contributed by atoms with Crippen molar-refractivity contribution in [2.24, 2.45) is 0 Å². The number of fused-ring (bicyclic) bond motifs is 1. The van der Waals surface area contributed by atoms with Gasteiger partial charge in [0.2, 0.25) is 11.1 Å². The van der Waals surface area contributed by atoms with Crippen molar-refractivity contribution in [2.75, 3.05) is 18.2 Å². The number of aromatic nitrogens is 3. The molecule has 0 saturated carbocycles. The molecule has 0 radical (unpaired) electrons. The summed E-state index contributed by atoms with van der Waals surface area (Å²) in [4.78, 5) is 17.9. The number of anilines is 1. The summed E-state index contributed by atoms with van der Waals surface area (Å²) in [6, 6.07) is 9.18. The Labute approximate surface area is 236 Å². The fourth-order valence-electron chi connectivity index (χ4n) is 4.14. The zero-order valence-corrected chi connectivity index (χ0v) is 24.2. The van der Waals surface area contributed by atoms with Gasteiger partial charge in [-0.25, -0.2) is 13.9 Å². The number of allylic oxidation sites excluding steroid dienone is 1. The first-order valence-electron chi connectivity index (χ1n) is 12.7. The molecule has 8 nitrogen and oxygen atoms in total. The van der Waals surface area contributed by atoms with Crippen LogP contribution in [0.2, 0.25) is 5.02 Å². The molecule has 0 spiro atoms. The zero-order valence-electron chi connectivity index (χ0n) is 22.6. The van der Waals surface area contributed by atoms with E-state index in [1.165, 1.54) is 13.2 Å². The fourth-order valence-corrected chi connectivity index (χ4v) is 5.27. The number of carbonyl (C=O) groups excluding carboxylic acids is 1. The van der Waals surface area contributed by atoms with Crippen molar-refractivity contribution in [3.63, 3.8) is 0 Å². The Hall–Kier alpha value is -3.24. The fraction of sp³-hybridized carbons (Fsp3) is 0.393. The zero-order chi connectivity index (χ0) is 28.1. The molecule has 2 aromatic carbocycles. The summed E-state index contributed by atoms with van der Waals surface area (Å²) in [5.74, 6) is 1.34. The van der Waals surface area contributed by atoms with Crippen LogP contribution in [-0.2, 0) is 16.1 Å². The van der Waals surface area contributed by atoms with Crippen molar-refractivity contribution in [3.8, 4) is 11.5 Å². The van der Waals surface area contributed by atoms with Gasteiger partial charge < -0.3 is 19.5 Å². The van der Waals surface area contributed by atoms with E-state index in [0.29, 0.717) is 33.9 Å². The molecule has 0 amide bonds. The van der Waals surface area contributed by atoms with Crippen LogP contribution in [0.1, 0.15) is 57.7 Å². The number of benzene rings is 2. The average Bonchev–Trinajstić information content (AvgIpc) is 3.29. The van der Waals surface area contributed by atoms with Crippen LogP contribution < -0.4 is 14.8 Å². The van der Waals surface area contributed by atoms with Gasteiger partial charge in [0.25, 0.3) is 0 Å². The Kier molecular flexibility index (Phi) is 9.40. The molecule has 2 heterocycles. The first kappa shape index (κ1) is 28.8. The van der Waals surface area contributed by atoms with Crippen molar-refractivity contribution >= 4 is 35.3 Å². The number of nitrogens with zero attached hydrogens (tertiary/aromatic N) is 3. The van der Waals surface area contributed by atoms with Gasteiger partial charge in [-0.3, -0.25) is 0 Å². The Morgan fingerprint density at radius 2 is 2.05 bits per heavy atom. The van der Waals surface area contributed by atoms with Crippen LogP contribution in [0.15, 0.2) is 52.8 Å². The molecule has 0 aliphatic carbocycles. The van der Waals surface area contributed by atoms with E-state index in [2.05, 4.69) is 17.2 Å². The van der Waals surface area contributed by atoms with Crippen molar-refractivity contribution in [1.82, 2.24) is 14.8 Å². The second-order valence-corrected chi connectivity index (χ2v) is 10.8. The van der Waals surface area contributed by atoms with E-state index in [9.17, 15) is 9.18 Å². The molecule has 39 heavy (non-hydrogen) atoms. The van der Waals surface area contributed by atoms with Crippen molar-refractivity contribution in [1.29, 1.82) is 0 Å². The van der Waals surface area contributed by atoms with Gasteiger partial charge in [-0.1, -0.05) is 48.8 Å². The smallest absolute Gasteiger partial charge is 0.338 e. The number of rotatable bonds is 11. The van der Waals surface area contributed by atoms with Gasteiger partial charge in [-0.15, -0.1) is 5.10 Å². The van der Waals surface area contributed by atoms with Crippen LogP contribution in [-0.4, -0.2) is 39.7 Å². The number of thioether (sulfide) groups is 1. The van der Waals surface area contributed by atoms with E-state index >= 15 is 0 Å². The van der Waals surface area contributed by atoms with Gasteiger partial charge in [-0.2, -0.15) is 4.98 Å². The number of esters is 1. The van der Waals surface area contributed by atoms with Gasteiger partial charge in [0.15, 0.2) is 11.5 Å². The number of unbranched alkanes of at least 4 members (excludes halogenated alkanes) is 1. The topological polar surface area (TPSA) is 87.5 Å². The molecular formula is C28H32ClFN4O4S. The third kappa shape index (κ3) is 6.50. The Bertz CT molecular complexity index is 1360. The van der Waals surface area contributed by atoms with E-state index in [4.69, 9.17) is 30.9 Å². The molecule has 1 aromatic heterocycles. The largest absolute Gasteiger partial charge is 0.493 e. The van der Waals surface area contributed by atoms with Gasteiger partial charge in [0, 0.05) is 17.0 Å². The number of nitrogens with one attached hydrogen (secondary N) is 1. The lowest BCUT2D eigenvalue weighted by Crippen LogP contribution is -2.30. The highest BCUT2D eigenvalue weighted by atomic mass is 35.5. The molecule has 11 heteroatoms. The minimum Gasteiger partial charge on any atom is -0.493 e. The molecular weight excluding hydrogens is 543 g/mol. The molecule has 0 fully saturated rings. The number of methoxy groups -OCH3 is 1. The standard InChI is InChI=1S/C28H32ClFN4O4S/c1-6-7-13-39-28-32-27-31-17(4)24(26(35)38-16(2)3)25(34(27)33-28)18-11-12-22(23(14-18)36-5)37-15-19-20(29)9-8-10-21(19)30/h8-12,14,16,25H,6-7,13,15H2,1-5H3,(H,31,32,33). The second kappa shape index (κ2) is 12.7. The number of ether oxygens (including phenoxy) is 3. The first-order valence-corrected chi connectivity index (χ1v) is 14.1. The molecule has 0 bridgehead atoms. The maximum atomic E-state index is 14.3.